The van der Waals surface area contributed by atoms with E-state index in [2.05, 4.69) is 45.0 Å². The SMILES string of the molecule is CCCCc1ccc2c(CCCC)cc(OCC)c([S+]3CCCC3)c2c1. The van der Waals surface area contributed by atoms with Gasteiger partial charge in [0.2, 0.25) is 4.90 Å². The van der Waals surface area contributed by atoms with Gasteiger partial charge in [-0.2, -0.15) is 0 Å². The third-order valence-electron chi connectivity index (χ3n) is 5.44. The molecule has 0 atom stereocenters. The predicted octanol–water partition coefficient (Wildman–Crippen LogP) is 6.69. The fourth-order valence-corrected chi connectivity index (χ4v) is 6.62. The highest BCUT2D eigenvalue weighted by molar-refractivity contribution is 7.97. The van der Waals surface area contributed by atoms with E-state index in [1.807, 2.05) is 0 Å². The zero-order valence-electron chi connectivity index (χ0n) is 16.9. The van der Waals surface area contributed by atoms with Crippen molar-refractivity contribution in [1.82, 2.24) is 0 Å². The Hall–Kier alpha value is -1.15. The van der Waals surface area contributed by atoms with Crippen LogP contribution in [0.1, 0.15) is 70.4 Å². The van der Waals surface area contributed by atoms with E-state index in [4.69, 9.17) is 4.74 Å². The summed E-state index contributed by atoms with van der Waals surface area (Å²) in [6, 6.07) is 9.66. The Bertz CT molecular complexity index is 716. The summed E-state index contributed by atoms with van der Waals surface area (Å²) < 4.78 is 6.21. The number of rotatable bonds is 9. The Morgan fingerprint density at radius 1 is 0.885 bits per heavy atom. The van der Waals surface area contributed by atoms with Crippen molar-refractivity contribution in [3.63, 3.8) is 0 Å². The second-order valence-electron chi connectivity index (χ2n) is 7.49. The highest BCUT2D eigenvalue weighted by Gasteiger charge is 2.33. The van der Waals surface area contributed by atoms with Crippen LogP contribution in [0.4, 0.5) is 0 Å². The van der Waals surface area contributed by atoms with Crippen LogP contribution in [0.5, 0.6) is 5.75 Å². The quantitative estimate of drug-likeness (QED) is 0.446. The third-order valence-corrected chi connectivity index (χ3v) is 8.00. The zero-order valence-corrected chi connectivity index (χ0v) is 17.7. The maximum absolute atomic E-state index is 6.21. The fourth-order valence-electron chi connectivity index (χ4n) is 4.02. The largest absolute Gasteiger partial charge is 0.489 e. The van der Waals surface area contributed by atoms with Crippen LogP contribution in [0.15, 0.2) is 29.2 Å². The van der Waals surface area contributed by atoms with Crippen molar-refractivity contribution >= 4 is 21.7 Å². The van der Waals surface area contributed by atoms with Gasteiger partial charge in [-0.3, -0.25) is 0 Å². The lowest BCUT2D eigenvalue weighted by Crippen LogP contribution is -2.09. The van der Waals surface area contributed by atoms with Gasteiger partial charge in [0.25, 0.3) is 0 Å². The average molecular weight is 372 g/mol. The molecule has 1 nitrogen and oxygen atoms in total. The monoisotopic (exact) mass is 371 g/mol. The lowest BCUT2D eigenvalue weighted by molar-refractivity contribution is 0.332. The lowest BCUT2D eigenvalue weighted by atomic mass is 9.96. The Balaban J connectivity index is 2.15. The molecule has 142 valence electrons. The summed E-state index contributed by atoms with van der Waals surface area (Å²) in [7, 11) is 0.369. The van der Waals surface area contributed by atoms with Crippen LogP contribution < -0.4 is 4.74 Å². The van der Waals surface area contributed by atoms with E-state index in [1.54, 1.807) is 0 Å². The van der Waals surface area contributed by atoms with Crippen molar-refractivity contribution in [3.05, 3.63) is 35.4 Å². The fraction of sp³-hybridized carbons (Fsp3) is 0.583. The van der Waals surface area contributed by atoms with Gasteiger partial charge < -0.3 is 4.74 Å². The van der Waals surface area contributed by atoms with Gasteiger partial charge in [-0.05, 0) is 74.1 Å². The molecule has 0 aliphatic carbocycles. The summed E-state index contributed by atoms with van der Waals surface area (Å²) in [5.74, 6) is 3.88. The molecule has 26 heavy (non-hydrogen) atoms. The lowest BCUT2D eigenvalue weighted by Gasteiger charge is -2.16. The van der Waals surface area contributed by atoms with Crippen molar-refractivity contribution in [2.24, 2.45) is 0 Å². The van der Waals surface area contributed by atoms with E-state index in [9.17, 15) is 0 Å². The van der Waals surface area contributed by atoms with E-state index in [0.29, 0.717) is 10.9 Å². The Morgan fingerprint density at radius 2 is 1.62 bits per heavy atom. The van der Waals surface area contributed by atoms with Crippen molar-refractivity contribution in [2.75, 3.05) is 18.1 Å². The molecule has 2 aromatic carbocycles. The van der Waals surface area contributed by atoms with Crippen molar-refractivity contribution in [1.29, 1.82) is 0 Å². The Morgan fingerprint density at radius 3 is 2.31 bits per heavy atom. The molecule has 2 aromatic rings. The maximum atomic E-state index is 6.21. The van der Waals surface area contributed by atoms with Crippen molar-refractivity contribution in [3.8, 4) is 5.75 Å². The highest BCUT2D eigenvalue weighted by atomic mass is 32.2. The number of benzene rings is 2. The molecule has 1 fully saturated rings. The Kier molecular flexibility index (Phi) is 7.31. The molecular formula is C24H35OS+. The number of aryl methyl sites for hydroxylation is 2. The number of hydrogen-bond acceptors (Lipinski definition) is 1. The molecule has 0 amide bonds. The molecule has 0 saturated carbocycles. The molecule has 3 rings (SSSR count). The first-order valence-electron chi connectivity index (χ1n) is 10.7. The van der Waals surface area contributed by atoms with Crippen LogP contribution in [0.25, 0.3) is 10.8 Å². The molecular weight excluding hydrogens is 336 g/mol. The molecule has 1 saturated heterocycles. The van der Waals surface area contributed by atoms with E-state index >= 15 is 0 Å². The average Bonchev–Trinajstić information content (AvgIpc) is 3.18. The number of ether oxygens (including phenoxy) is 1. The second kappa shape index (κ2) is 9.69. The maximum Gasteiger partial charge on any atom is 0.204 e. The second-order valence-corrected chi connectivity index (χ2v) is 9.70. The van der Waals surface area contributed by atoms with Crippen LogP contribution in [-0.4, -0.2) is 18.1 Å². The Labute approximate surface area is 162 Å². The molecule has 2 heteroatoms. The van der Waals surface area contributed by atoms with Crippen LogP contribution in [-0.2, 0) is 23.7 Å². The summed E-state index contributed by atoms with van der Waals surface area (Å²) >= 11 is 0. The minimum Gasteiger partial charge on any atom is -0.489 e. The standard InChI is InChI=1S/C24H35OS/c1-4-7-11-19-13-14-21-20(12-8-5-2)18-23(25-6-3)24(22(21)17-19)26-15-9-10-16-26/h13-14,17-18H,4-12,15-16H2,1-3H3/q+1. The smallest absolute Gasteiger partial charge is 0.204 e. The summed E-state index contributed by atoms with van der Waals surface area (Å²) in [5.41, 5.74) is 2.98. The molecule has 0 bridgehead atoms. The number of fused-ring (bicyclic) bond motifs is 1. The van der Waals surface area contributed by atoms with Crippen LogP contribution in [0, 0.1) is 0 Å². The molecule has 0 spiro atoms. The van der Waals surface area contributed by atoms with Crippen molar-refractivity contribution in [2.45, 2.75) is 77.0 Å². The molecule has 0 radical (unpaired) electrons. The first kappa shape index (κ1) is 19.6. The number of unbranched alkanes of at least 4 members (excludes halogenated alkanes) is 2. The first-order chi connectivity index (χ1) is 12.8. The first-order valence-corrected chi connectivity index (χ1v) is 12.2. The molecule has 0 aromatic heterocycles. The van der Waals surface area contributed by atoms with E-state index in [-0.39, 0.29) is 0 Å². The topological polar surface area (TPSA) is 9.23 Å². The summed E-state index contributed by atoms with van der Waals surface area (Å²) in [6.07, 6.45) is 10.1. The molecule has 1 heterocycles. The van der Waals surface area contributed by atoms with E-state index < -0.39 is 0 Å². The highest BCUT2D eigenvalue weighted by Crippen LogP contribution is 2.40. The van der Waals surface area contributed by atoms with Gasteiger partial charge in [0.05, 0.1) is 6.61 Å². The van der Waals surface area contributed by atoms with Gasteiger partial charge in [-0.15, -0.1) is 0 Å². The summed E-state index contributed by atoms with van der Waals surface area (Å²) in [6.45, 7) is 7.44. The number of hydrogen-bond donors (Lipinski definition) is 0. The molecule has 1 aliphatic rings. The van der Waals surface area contributed by atoms with E-state index in [1.165, 1.54) is 89.0 Å². The summed E-state index contributed by atoms with van der Waals surface area (Å²) in [5, 5.41) is 2.98. The molecule has 0 N–H and O–H groups in total. The van der Waals surface area contributed by atoms with Crippen LogP contribution >= 0.6 is 0 Å². The third kappa shape index (κ3) is 4.39. The minimum absolute atomic E-state index is 0.369. The molecule has 1 aliphatic heterocycles. The van der Waals surface area contributed by atoms with E-state index in [0.717, 1.165) is 13.0 Å². The van der Waals surface area contributed by atoms with Crippen LogP contribution in [0.3, 0.4) is 0 Å². The minimum atomic E-state index is 0.369. The van der Waals surface area contributed by atoms with Gasteiger partial charge >= 0.3 is 0 Å². The van der Waals surface area contributed by atoms with Crippen molar-refractivity contribution < 1.29 is 4.74 Å². The van der Waals surface area contributed by atoms with Crippen LogP contribution in [0.2, 0.25) is 0 Å². The zero-order chi connectivity index (χ0) is 18.4. The van der Waals surface area contributed by atoms with Gasteiger partial charge in [-0.25, -0.2) is 0 Å². The van der Waals surface area contributed by atoms with Gasteiger partial charge in [-0.1, -0.05) is 38.8 Å². The van der Waals surface area contributed by atoms with Gasteiger partial charge in [0, 0.05) is 16.3 Å². The summed E-state index contributed by atoms with van der Waals surface area (Å²) in [4.78, 5) is 1.54. The van der Waals surface area contributed by atoms with Gasteiger partial charge in [0.1, 0.15) is 11.5 Å². The normalized spacial score (nSPS) is 15.0. The predicted molar refractivity (Wildman–Crippen MR) is 117 cm³/mol. The van der Waals surface area contributed by atoms with Gasteiger partial charge in [0.15, 0.2) is 5.75 Å². The molecule has 0 unspecified atom stereocenters.